The molecule has 1 aliphatic heterocycles. The summed E-state index contributed by atoms with van der Waals surface area (Å²) in [6.45, 7) is 0.736. The first kappa shape index (κ1) is 11.0. The van der Waals surface area contributed by atoms with Crippen molar-refractivity contribution in [2.45, 2.75) is 6.54 Å². The molecular formula is C13H12N2O3. The summed E-state index contributed by atoms with van der Waals surface area (Å²) >= 11 is 0. The monoisotopic (exact) mass is 244 g/mol. The number of fused-ring (bicyclic) bond motifs is 3. The third kappa shape index (κ3) is 1.52. The molecule has 0 spiro atoms. The summed E-state index contributed by atoms with van der Waals surface area (Å²) in [7, 11) is 1.59. The molecule has 0 aliphatic carbocycles. The number of hydrogen-bond donors (Lipinski definition) is 2. The Bertz CT molecular complexity index is 703. The van der Waals surface area contributed by atoms with Gasteiger partial charge in [0.1, 0.15) is 5.75 Å². The number of ketones is 1. The number of aromatic nitrogens is 1. The first-order chi connectivity index (χ1) is 8.70. The van der Waals surface area contributed by atoms with Crippen LogP contribution in [0.1, 0.15) is 15.9 Å². The average Bonchev–Trinajstić information content (AvgIpc) is 2.38. The highest BCUT2D eigenvalue weighted by atomic mass is 16.5. The number of benzene rings is 1. The highest BCUT2D eigenvalue weighted by Gasteiger charge is 2.22. The number of carbonyl (C=O) groups excluding carboxylic acids is 1. The second-order valence-electron chi connectivity index (χ2n) is 4.25. The molecule has 18 heavy (non-hydrogen) atoms. The summed E-state index contributed by atoms with van der Waals surface area (Å²) in [5, 5.41) is 3.86. The predicted molar refractivity (Wildman–Crippen MR) is 67.2 cm³/mol. The lowest BCUT2D eigenvalue weighted by atomic mass is 9.97. The van der Waals surface area contributed by atoms with Gasteiger partial charge in [-0.05, 0) is 23.8 Å². The van der Waals surface area contributed by atoms with Gasteiger partial charge in [0.2, 0.25) is 0 Å². The van der Waals surface area contributed by atoms with E-state index in [4.69, 9.17) is 4.74 Å². The minimum Gasteiger partial charge on any atom is -0.497 e. The van der Waals surface area contributed by atoms with E-state index in [1.54, 1.807) is 19.2 Å². The number of methoxy groups -OCH3 is 1. The number of H-pyrrole nitrogens is 1. The molecule has 2 aromatic rings. The van der Waals surface area contributed by atoms with Gasteiger partial charge in [0, 0.05) is 17.4 Å². The maximum atomic E-state index is 11.9. The molecule has 5 heteroatoms. The minimum absolute atomic E-state index is 0.165. The second kappa shape index (κ2) is 3.96. The molecule has 5 nitrogen and oxygen atoms in total. The third-order valence-corrected chi connectivity index (χ3v) is 3.20. The van der Waals surface area contributed by atoms with Crippen LogP contribution in [0, 0.1) is 0 Å². The summed E-state index contributed by atoms with van der Waals surface area (Å²) < 4.78 is 5.17. The lowest BCUT2D eigenvalue weighted by Gasteiger charge is -2.17. The SMILES string of the molecule is COc1ccc2[nH]c(=O)c3c(c2c1)CNCC3=O. The van der Waals surface area contributed by atoms with Crippen LogP contribution in [0.5, 0.6) is 5.75 Å². The Balaban J connectivity index is 2.41. The lowest BCUT2D eigenvalue weighted by Crippen LogP contribution is -2.35. The number of nitrogens with one attached hydrogen (secondary N) is 2. The van der Waals surface area contributed by atoms with Crippen LogP contribution >= 0.6 is 0 Å². The van der Waals surface area contributed by atoms with Crippen molar-refractivity contribution in [1.29, 1.82) is 0 Å². The highest BCUT2D eigenvalue weighted by molar-refractivity contribution is 6.03. The zero-order valence-corrected chi connectivity index (χ0v) is 9.87. The number of carbonyl (C=O) groups is 1. The number of rotatable bonds is 1. The maximum Gasteiger partial charge on any atom is 0.259 e. The summed E-state index contributed by atoms with van der Waals surface area (Å²) in [5.41, 5.74) is 1.43. The van der Waals surface area contributed by atoms with E-state index >= 15 is 0 Å². The molecule has 1 aliphatic rings. The van der Waals surface area contributed by atoms with Gasteiger partial charge in [0.15, 0.2) is 5.78 Å². The van der Waals surface area contributed by atoms with Gasteiger partial charge in [-0.25, -0.2) is 0 Å². The molecule has 0 amide bonds. The zero-order chi connectivity index (χ0) is 12.7. The van der Waals surface area contributed by atoms with E-state index in [0.29, 0.717) is 12.3 Å². The quantitative estimate of drug-likeness (QED) is 0.779. The van der Waals surface area contributed by atoms with Crippen molar-refractivity contribution in [2.75, 3.05) is 13.7 Å². The molecule has 1 aromatic carbocycles. The molecule has 3 rings (SSSR count). The molecule has 2 N–H and O–H groups in total. The Hall–Kier alpha value is -2.14. The van der Waals surface area contributed by atoms with Crippen molar-refractivity contribution >= 4 is 16.7 Å². The molecule has 0 fully saturated rings. The third-order valence-electron chi connectivity index (χ3n) is 3.20. The van der Waals surface area contributed by atoms with Crippen LogP contribution in [0.4, 0.5) is 0 Å². The molecule has 0 bridgehead atoms. The molecule has 0 saturated heterocycles. The minimum atomic E-state index is -0.311. The van der Waals surface area contributed by atoms with Crippen LogP contribution in [-0.4, -0.2) is 24.4 Å². The number of ether oxygens (including phenoxy) is 1. The van der Waals surface area contributed by atoms with Crippen LogP contribution < -0.4 is 15.6 Å². The van der Waals surface area contributed by atoms with Gasteiger partial charge in [0.25, 0.3) is 5.56 Å². The molecule has 0 unspecified atom stereocenters. The molecule has 0 saturated carbocycles. The van der Waals surface area contributed by atoms with Crippen molar-refractivity contribution in [3.8, 4) is 5.75 Å². The van der Waals surface area contributed by atoms with Crippen LogP contribution in [-0.2, 0) is 6.54 Å². The van der Waals surface area contributed by atoms with Gasteiger partial charge < -0.3 is 15.0 Å². The number of pyridine rings is 1. The Morgan fingerprint density at radius 2 is 2.06 bits per heavy atom. The fourth-order valence-electron chi connectivity index (χ4n) is 2.33. The van der Waals surface area contributed by atoms with Crippen LogP contribution in [0.25, 0.3) is 10.9 Å². The van der Waals surface area contributed by atoms with Crippen molar-refractivity contribution in [3.63, 3.8) is 0 Å². The van der Waals surface area contributed by atoms with Gasteiger partial charge >= 0.3 is 0 Å². The second-order valence-corrected chi connectivity index (χ2v) is 4.25. The predicted octanol–water partition coefficient (Wildman–Crippen LogP) is 0.823. The highest BCUT2D eigenvalue weighted by Crippen LogP contribution is 2.24. The van der Waals surface area contributed by atoms with E-state index in [1.807, 2.05) is 6.07 Å². The normalized spacial score (nSPS) is 14.6. The summed E-state index contributed by atoms with van der Waals surface area (Å²) in [5.74, 6) is 0.539. The molecule has 0 radical (unpaired) electrons. The molecule has 0 atom stereocenters. The number of aromatic amines is 1. The topological polar surface area (TPSA) is 71.2 Å². The maximum absolute atomic E-state index is 11.9. The van der Waals surface area contributed by atoms with Gasteiger partial charge in [0.05, 0.1) is 19.2 Å². The number of Topliss-reactive ketones (excluding diaryl/α,β-unsaturated/α-hetero) is 1. The Kier molecular flexibility index (Phi) is 2.41. The Morgan fingerprint density at radius 1 is 1.22 bits per heavy atom. The van der Waals surface area contributed by atoms with E-state index < -0.39 is 0 Å². The smallest absolute Gasteiger partial charge is 0.259 e. The first-order valence-electron chi connectivity index (χ1n) is 5.67. The Morgan fingerprint density at radius 3 is 2.83 bits per heavy atom. The van der Waals surface area contributed by atoms with Crippen molar-refractivity contribution in [3.05, 3.63) is 39.7 Å². The van der Waals surface area contributed by atoms with Gasteiger partial charge in [-0.2, -0.15) is 0 Å². The fourth-order valence-corrected chi connectivity index (χ4v) is 2.33. The standard InChI is InChI=1S/C13H12N2O3/c1-18-7-2-3-10-8(4-7)9-5-14-6-11(16)12(9)13(17)15-10/h2-4,14H,5-6H2,1H3,(H,15,17). The molecule has 92 valence electrons. The largest absolute Gasteiger partial charge is 0.497 e. The average molecular weight is 244 g/mol. The fraction of sp³-hybridized carbons (Fsp3) is 0.231. The van der Waals surface area contributed by atoms with E-state index in [0.717, 1.165) is 16.5 Å². The van der Waals surface area contributed by atoms with E-state index in [-0.39, 0.29) is 23.5 Å². The van der Waals surface area contributed by atoms with Crippen LogP contribution in [0.3, 0.4) is 0 Å². The zero-order valence-electron chi connectivity index (χ0n) is 9.87. The van der Waals surface area contributed by atoms with Crippen LogP contribution in [0.2, 0.25) is 0 Å². The van der Waals surface area contributed by atoms with E-state index in [2.05, 4.69) is 10.3 Å². The Labute approximate surface area is 103 Å². The number of hydrogen-bond acceptors (Lipinski definition) is 4. The van der Waals surface area contributed by atoms with Gasteiger partial charge in [-0.15, -0.1) is 0 Å². The molecule has 2 heterocycles. The summed E-state index contributed by atoms with van der Waals surface area (Å²) in [6, 6.07) is 5.40. The first-order valence-corrected chi connectivity index (χ1v) is 5.67. The van der Waals surface area contributed by atoms with E-state index in [1.165, 1.54) is 0 Å². The van der Waals surface area contributed by atoms with E-state index in [9.17, 15) is 9.59 Å². The van der Waals surface area contributed by atoms with Gasteiger partial charge in [-0.3, -0.25) is 9.59 Å². The molecular weight excluding hydrogens is 232 g/mol. The summed E-state index contributed by atoms with van der Waals surface area (Å²) in [6.07, 6.45) is 0. The van der Waals surface area contributed by atoms with Crippen molar-refractivity contribution in [2.24, 2.45) is 0 Å². The van der Waals surface area contributed by atoms with Crippen LogP contribution in [0.15, 0.2) is 23.0 Å². The summed E-state index contributed by atoms with van der Waals surface area (Å²) in [4.78, 5) is 26.4. The van der Waals surface area contributed by atoms with Crippen molar-refractivity contribution < 1.29 is 9.53 Å². The lowest BCUT2D eigenvalue weighted by molar-refractivity contribution is 0.0981. The van der Waals surface area contributed by atoms with Crippen molar-refractivity contribution in [1.82, 2.24) is 10.3 Å². The molecule has 1 aromatic heterocycles. The van der Waals surface area contributed by atoms with Gasteiger partial charge in [-0.1, -0.05) is 0 Å².